The van der Waals surface area contributed by atoms with E-state index in [4.69, 9.17) is 5.11 Å². The fourth-order valence-corrected chi connectivity index (χ4v) is 1.99. The maximum absolute atomic E-state index is 13.2. The third-order valence-corrected chi connectivity index (χ3v) is 2.83. The summed E-state index contributed by atoms with van der Waals surface area (Å²) in [5, 5.41) is 18.5. The lowest BCUT2D eigenvalue weighted by Gasteiger charge is -2.11. The maximum Gasteiger partial charge on any atom is 0.339 e. The summed E-state index contributed by atoms with van der Waals surface area (Å²) < 4.78 is 26.4. The molecule has 0 radical (unpaired) electrons. The van der Waals surface area contributed by atoms with E-state index in [9.17, 15) is 18.7 Å². The molecule has 0 saturated heterocycles. The fraction of sp³-hybridized carbons (Fsp3) is 0.0714. The van der Waals surface area contributed by atoms with Crippen molar-refractivity contribution in [1.29, 1.82) is 0 Å². The zero-order valence-corrected chi connectivity index (χ0v) is 9.95. The van der Waals surface area contributed by atoms with E-state index in [0.717, 1.165) is 18.2 Å². The van der Waals surface area contributed by atoms with E-state index >= 15 is 0 Å². The van der Waals surface area contributed by atoms with Crippen LogP contribution >= 0.6 is 0 Å². The average molecular weight is 264 g/mol. The van der Waals surface area contributed by atoms with Crippen LogP contribution in [-0.4, -0.2) is 16.2 Å². The van der Waals surface area contributed by atoms with Crippen molar-refractivity contribution < 1.29 is 23.8 Å². The Bertz CT molecular complexity index is 646. The van der Waals surface area contributed by atoms with Gasteiger partial charge in [-0.15, -0.1) is 0 Å². The van der Waals surface area contributed by atoms with Crippen molar-refractivity contribution in [3.8, 4) is 16.9 Å². The van der Waals surface area contributed by atoms with Crippen LogP contribution in [0.15, 0.2) is 30.3 Å². The molecule has 0 aliphatic rings. The molecule has 2 N–H and O–H groups in total. The molecule has 0 amide bonds. The molecule has 2 rings (SSSR count). The van der Waals surface area contributed by atoms with Gasteiger partial charge in [0, 0.05) is 6.07 Å². The van der Waals surface area contributed by atoms with Gasteiger partial charge in [0.05, 0.1) is 0 Å². The van der Waals surface area contributed by atoms with Gasteiger partial charge in [-0.2, -0.15) is 0 Å². The normalized spacial score (nSPS) is 10.5. The minimum absolute atomic E-state index is 0.220. The number of phenols is 1. The zero-order valence-electron chi connectivity index (χ0n) is 9.95. The molecular formula is C14H10F2O3. The molecule has 98 valence electrons. The number of halogens is 2. The van der Waals surface area contributed by atoms with Crippen molar-refractivity contribution in [3.05, 3.63) is 53.1 Å². The molecule has 2 aromatic rings. The molecule has 0 fully saturated rings. The predicted molar refractivity (Wildman–Crippen MR) is 65.2 cm³/mol. The molecule has 19 heavy (non-hydrogen) atoms. The van der Waals surface area contributed by atoms with Gasteiger partial charge >= 0.3 is 5.97 Å². The molecule has 0 saturated carbocycles. The minimum Gasteiger partial charge on any atom is -0.507 e. The number of aromatic hydroxyl groups is 1. The lowest BCUT2D eigenvalue weighted by molar-refractivity contribution is 0.0693. The van der Waals surface area contributed by atoms with Gasteiger partial charge in [-0.05, 0) is 41.8 Å². The summed E-state index contributed by atoms with van der Waals surface area (Å²) in [4.78, 5) is 11.1. The lowest BCUT2D eigenvalue weighted by atomic mass is 9.95. The molecule has 0 aliphatic carbocycles. The monoisotopic (exact) mass is 264 g/mol. The molecule has 0 spiro atoms. The number of rotatable bonds is 2. The Morgan fingerprint density at radius 1 is 1.11 bits per heavy atom. The van der Waals surface area contributed by atoms with Gasteiger partial charge in [-0.25, -0.2) is 13.6 Å². The van der Waals surface area contributed by atoms with Crippen LogP contribution in [-0.2, 0) is 0 Å². The van der Waals surface area contributed by atoms with Crippen molar-refractivity contribution in [2.45, 2.75) is 6.92 Å². The van der Waals surface area contributed by atoms with Gasteiger partial charge in [0.15, 0.2) is 0 Å². The second-order valence-electron chi connectivity index (χ2n) is 4.10. The Hall–Kier alpha value is -2.43. The Labute approximate surface area is 107 Å². The van der Waals surface area contributed by atoms with Crippen LogP contribution in [0.1, 0.15) is 15.9 Å². The van der Waals surface area contributed by atoms with Crippen LogP contribution in [0.5, 0.6) is 5.75 Å². The molecule has 5 heteroatoms. The first kappa shape index (κ1) is 13.0. The lowest BCUT2D eigenvalue weighted by Crippen LogP contribution is -2.02. The van der Waals surface area contributed by atoms with E-state index in [-0.39, 0.29) is 22.4 Å². The molecule has 0 unspecified atom stereocenters. The van der Waals surface area contributed by atoms with E-state index in [2.05, 4.69) is 0 Å². The molecule has 2 aromatic carbocycles. The third-order valence-electron chi connectivity index (χ3n) is 2.83. The first-order valence-corrected chi connectivity index (χ1v) is 5.42. The Kier molecular flexibility index (Phi) is 3.21. The summed E-state index contributed by atoms with van der Waals surface area (Å²) in [6.07, 6.45) is 0. The summed E-state index contributed by atoms with van der Waals surface area (Å²) in [6, 6.07) is 5.56. The number of carboxylic acids is 1. The van der Waals surface area contributed by atoms with Crippen molar-refractivity contribution in [3.63, 3.8) is 0 Å². The summed E-state index contributed by atoms with van der Waals surface area (Å²) in [5.41, 5.74) is 0.547. The van der Waals surface area contributed by atoms with Gasteiger partial charge in [0.2, 0.25) is 0 Å². The first-order chi connectivity index (χ1) is 8.90. The standard InChI is InChI=1S/C14H10F2O3/c1-7-11(2-3-12(17)13(7)14(18)19)8-4-9(15)6-10(16)5-8/h2-6,17H,1H3,(H,18,19). The smallest absolute Gasteiger partial charge is 0.339 e. The number of hydrogen-bond acceptors (Lipinski definition) is 2. The molecule has 3 nitrogen and oxygen atoms in total. The largest absolute Gasteiger partial charge is 0.507 e. The van der Waals surface area contributed by atoms with Crippen molar-refractivity contribution in [1.82, 2.24) is 0 Å². The van der Waals surface area contributed by atoms with E-state index in [1.54, 1.807) is 0 Å². The summed E-state index contributed by atoms with van der Waals surface area (Å²) in [6.45, 7) is 1.47. The van der Waals surface area contributed by atoms with Crippen molar-refractivity contribution >= 4 is 5.97 Å². The van der Waals surface area contributed by atoms with Crippen molar-refractivity contribution in [2.75, 3.05) is 0 Å². The highest BCUT2D eigenvalue weighted by atomic mass is 19.1. The van der Waals surface area contributed by atoms with Crippen LogP contribution in [0.25, 0.3) is 11.1 Å². The molecular weight excluding hydrogens is 254 g/mol. The van der Waals surface area contributed by atoms with Crippen LogP contribution in [0.2, 0.25) is 0 Å². The van der Waals surface area contributed by atoms with E-state index in [1.807, 2.05) is 0 Å². The maximum atomic E-state index is 13.2. The zero-order chi connectivity index (χ0) is 14.2. The highest BCUT2D eigenvalue weighted by Crippen LogP contribution is 2.31. The molecule has 0 heterocycles. The predicted octanol–water partition coefficient (Wildman–Crippen LogP) is 3.34. The third kappa shape index (κ3) is 2.40. The van der Waals surface area contributed by atoms with Gasteiger partial charge < -0.3 is 10.2 Å². The van der Waals surface area contributed by atoms with E-state index in [1.165, 1.54) is 19.1 Å². The number of aromatic carboxylic acids is 1. The summed E-state index contributed by atoms with van der Waals surface area (Å²) in [7, 11) is 0. The van der Waals surface area contributed by atoms with Crippen LogP contribution in [0, 0.1) is 18.6 Å². The van der Waals surface area contributed by atoms with E-state index < -0.39 is 17.6 Å². The molecule has 0 bridgehead atoms. The SMILES string of the molecule is Cc1c(-c2cc(F)cc(F)c2)ccc(O)c1C(=O)O. The second kappa shape index (κ2) is 4.68. The molecule has 0 aromatic heterocycles. The van der Waals surface area contributed by atoms with E-state index in [0.29, 0.717) is 5.56 Å². The van der Waals surface area contributed by atoms with Gasteiger partial charge in [0.25, 0.3) is 0 Å². The minimum atomic E-state index is -1.30. The Morgan fingerprint density at radius 2 is 1.68 bits per heavy atom. The second-order valence-corrected chi connectivity index (χ2v) is 4.10. The average Bonchev–Trinajstić information content (AvgIpc) is 2.26. The quantitative estimate of drug-likeness (QED) is 0.874. The Morgan fingerprint density at radius 3 is 2.21 bits per heavy atom. The molecule has 0 aliphatic heterocycles. The number of carboxylic acid groups (broad SMARTS) is 1. The first-order valence-electron chi connectivity index (χ1n) is 5.42. The highest BCUT2D eigenvalue weighted by Gasteiger charge is 2.17. The summed E-state index contributed by atoms with van der Waals surface area (Å²) in [5.74, 6) is -3.18. The topological polar surface area (TPSA) is 57.5 Å². The van der Waals surface area contributed by atoms with Gasteiger partial charge in [0.1, 0.15) is 22.9 Å². The van der Waals surface area contributed by atoms with Crippen LogP contribution < -0.4 is 0 Å². The highest BCUT2D eigenvalue weighted by molar-refractivity contribution is 5.95. The van der Waals surface area contributed by atoms with Crippen LogP contribution in [0.4, 0.5) is 8.78 Å². The number of benzene rings is 2. The fourth-order valence-electron chi connectivity index (χ4n) is 1.99. The van der Waals surface area contributed by atoms with Crippen molar-refractivity contribution in [2.24, 2.45) is 0 Å². The molecule has 0 atom stereocenters. The van der Waals surface area contributed by atoms with Gasteiger partial charge in [-0.3, -0.25) is 0 Å². The van der Waals surface area contributed by atoms with Crippen LogP contribution in [0.3, 0.4) is 0 Å². The summed E-state index contributed by atoms with van der Waals surface area (Å²) >= 11 is 0. The number of hydrogen-bond donors (Lipinski definition) is 2. The Balaban J connectivity index is 2.70. The van der Waals surface area contributed by atoms with Gasteiger partial charge in [-0.1, -0.05) is 6.07 Å². The number of carbonyl (C=O) groups is 1.